The fraction of sp³-hybridized carbons (Fsp3) is 0.636. The molecule has 33 heavy (non-hydrogen) atoms. The topological polar surface area (TPSA) is 142 Å². The van der Waals surface area contributed by atoms with Crippen molar-refractivity contribution in [2.45, 2.75) is 63.1 Å². The monoisotopic (exact) mass is 478 g/mol. The Morgan fingerprint density at radius 2 is 2.15 bits per heavy atom. The first kappa shape index (κ1) is 23.8. The molecule has 3 aliphatic rings. The van der Waals surface area contributed by atoms with Gasteiger partial charge in [-0.1, -0.05) is 6.92 Å². The third kappa shape index (κ3) is 4.41. The third-order valence-electron chi connectivity index (χ3n) is 6.97. The average molecular weight is 479 g/mol. The number of carboxylic acid groups (broad SMARTS) is 1. The molecule has 0 aromatic carbocycles. The van der Waals surface area contributed by atoms with E-state index < -0.39 is 18.0 Å². The highest BCUT2D eigenvalue weighted by Crippen LogP contribution is 2.51. The summed E-state index contributed by atoms with van der Waals surface area (Å²) < 4.78 is 3.95. The number of aliphatic hydroxyl groups excluding tert-OH is 1. The number of thioether (sulfide) groups is 1. The maximum atomic E-state index is 12.5. The Labute approximate surface area is 196 Å². The van der Waals surface area contributed by atoms with E-state index in [-0.39, 0.29) is 41.1 Å². The standard InChI is InChI=1S/C22H31N5O5S/c1-11-18-17(12(2)28)21(30)27(18)19(22(31)32)20(11)33-15-6-13(24-8-15)4-5-26-9-14(7-16(23)29)25(3)10-26/h9-13,15,17-18,24,28H,4-8H2,1-3H3,(H2-,23,29,31,32)/p+1/t11-,12-,13-,15+,17-,18-/m1/s1. The first-order valence-electron chi connectivity index (χ1n) is 11.3. The predicted octanol–water partition coefficient (Wildman–Crippen LogP) is -0.652. The predicted molar refractivity (Wildman–Crippen MR) is 121 cm³/mol. The lowest BCUT2D eigenvalue weighted by atomic mass is 9.79. The summed E-state index contributed by atoms with van der Waals surface area (Å²) >= 11 is 1.56. The van der Waals surface area contributed by atoms with Gasteiger partial charge >= 0.3 is 5.97 Å². The Balaban J connectivity index is 1.37. The van der Waals surface area contributed by atoms with E-state index >= 15 is 0 Å². The minimum atomic E-state index is -1.08. The molecule has 6 atom stereocenters. The minimum Gasteiger partial charge on any atom is -0.477 e. The summed E-state index contributed by atoms with van der Waals surface area (Å²) in [6.07, 6.45) is 5.10. The SMILES string of the molecule is C[C@@H](O)[C@H]1C(=O)N2C(C(=O)O)=C(S[C@@H]3CN[C@H](CC[n+]4cc(CC(N)=O)n(C)c4)C3)[C@H](C)[C@H]12. The van der Waals surface area contributed by atoms with Crippen LogP contribution in [-0.2, 0) is 34.4 Å². The number of fused-ring (bicyclic) bond motifs is 1. The Kier molecular flexibility index (Phi) is 6.56. The van der Waals surface area contributed by atoms with Crippen molar-refractivity contribution in [2.75, 3.05) is 6.54 Å². The van der Waals surface area contributed by atoms with E-state index in [9.17, 15) is 24.6 Å². The van der Waals surface area contributed by atoms with Gasteiger partial charge in [-0.25, -0.2) is 13.9 Å². The number of β-lactam (4-membered cyclic amide) rings is 1. The first-order chi connectivity index (χ1) is 15.6. The van der Waals surface area contributed by atoms with Crippen molar-refractivity contribution in [3.8, 4) is 0 Å². The Morgan fingerprint density at radius 3 is 2.79 bits per heavy atom. The van der Waals surface area contributed by atoms with Crippen LogP contribution in [0.15, 0.2) is 23.1 Å². The highest BCUT2D eigenvalue weighted by Gasteiger charge is 2.60. The minimum absolute atomic E-state index is 0.0877. The van der Waals surface area contributed by atoms with Crippen LogP contribution in [0.25, 0.3) is 0 Å². The normalized spacial score (nSPS) is 29.9. The van der Waals surface area contributed by atoms with Gasteiger partial charge in [-0.3, -0.25) is 9.59 Å². The number of hydrogen-bond donors (Lipinski definition) is 4. The highest BCUT2D eigenvalue weighted by atomic mass is 32.2. The molecule has 0 spiro atoms. The summed E-state index contributed by atoms with van der Waals surface area (Å²) in [6.45, 7) is 5.10. The van der Waals surface area contributed by atoms with Gasteiger partial charge in [-0.05, 0) is 13.3 Å². The van der Waals surface area contributed by atoms with Crippen LogP contribution in [0.3, 0.4) is 0 Å². The smallest absolute Gasteiger partial charge is 0.353 e. The fourth-order valence-electron chi connectivity index (χ4n) is 5.34. The molecule has 5 N–H and O–H groups in total. The van der Waals surface area contributed by atoms with E-state index in [2.05, 4.69) is 9.88 Å². The fourth-order valence-corrected chi connectivity index (χ4v) is 6.86. The van der Waals surface area contributed by atoms with Crippen LogP contribution >= 0.6 is 11.8 Å². The average Bonchev–Trinajstić information content (AvgIpc) is 3.37. The Bertz CT molecular complexity index is 1010. The number of carbonyl (C=O) groups excluding carboxylic acids is 2. The molecule has 2 amide bonds. The second kappa shape index (κ2) is 9.11. The lowest BCUT2D eigenvalue weighted by Gasteiger charge is -2.46. The first-order valence-corrected chi connectivity index (χ1v) is 12.2. The van der Waals surface area contributed by atoms with Crippen LogP contribution in [-0.4, -0.2) is 67.4 Å². The number of aliphatic hydroxyl groups is 1. The molecule has 10 nitrogen and oxygen atoms in total. The van der Waals surface area contributed by atoms with Crippen LogP contribution in [0, 0.1) is 11.8 Å². The van der Waals surface area contributed by atoms with Crippen molar-refractivity contribution in [1.82, 2.24) is 14.8 Å². The number of nitrogens with two attached hydrogens (primary N) is 1. The number of carboxylic acids is 1. The molecule has 0 bridgehead atoms. The zero-order valence-electron chi connectivity index (χ0n) is 19.1. The number of hydrogen-bond acceptors (Lipinski definition) is 6. The number of amides is 2. The quantitative estimate of drug-likeness (QED) is 0.273. The maximum Gasteiger partial charge on any atom is 0.353 e. The second-order valence-corrected chi connectivity index (χ2v) is 10.7. The van der Waals surface area contributed by atoms with Crippen molar-refractivity contribution in [3.63, 3.8) is 0 Å². The van der Waals surface area contributed by atoms with Crippen molar-refractivity contribution < 1.29 is 29.2 Å². The van der Waals surface area contributed by atoms with Gasteiger partial charge in [-0.15, -0.1) is 11.8 Å². The van der Waals surface area contributed by atoms with E-state index in [1.165, 1.54) is 4.90 Å². The van der Waals surface area contributed by atoms with E-state index in [0.29, 0.717) is 6.04 Å². The molecule has 11 heteroatoms. The maximum absolute atomic E-state index is 12.5. The van der Waals surface area contributed by atoms with Crippen molar-refractivity contribution in [2.24, 2.45) is 24.6 Å². The molecule has 0 radical (unpaired) electrons. The number of nitrogens with one attached hydrogen (secondary N) is 1. The summed E-state index contributed by atoms with van der Waals surface area (Å²) in [5.74, 6) is -2.39. The number of aromatic nitrogens is 2. The van der Waals surface area contributed by atoms with Crippen LogP contribution in [0.1, 0.15) is 32.4 Å². The van der Waals surface area contributed by atoms with Gasteiger partial charge in [0.15, 0.2) is 5.69 Å². The van der Waals surface area contributed by atoms with Crippen molar-refractivity contribution >= 4 is 29.5 Å². The molecule has 1 aromatic heterocycles. The zero-order valence-corrected chi connectivity index (χ0v) is 19.9. The summed E-state index contributed by atoms with van der Waals surface area (Å²) in [5, 5.41) is 23.5. The van der Waals surface area contributed by atoms with Crippen LogP contribution in [0.2, 0.25) is 0 Å². The molecule has 0 aliphatic carbocycles. The zero-order chi connectivity index (χ0) is 24.0. The van der Waals surface area contributed by atoms with E-state index in [1.54, 1.807) is 18.7 Å². The van der Waals surface area contributed by atoms with Gasteiger partial charge in [0.1, 0.15) is 11.9 Å². The van der Waals surface area contributed by atoms with Crippen LogP contribution in [0.4, 0.5) is 0 Å². The van der Waals surface area contributed by atoms with Crippen LogP contribution < -0.4 is 15.6 Å². The molecular weight excluding hydrogens is 446 g/mol. The van der Waals surface area contributed by atoms with E-state index in [4.69, 9.17) is 5.73 Å². The van der Waals surface area contributed by atoms with Gasteiger partial charge in [0.25, 0.3) is 0 Å². The Morgan fingerprint density at radius 1 is 1.42 bits per heavy atom. The van der Waals surface area contributed by atoms with Gasteiger partial charge in [0.05, 0.1) is 38.1 Å². The van der Waals surface area contributed by atoms with Gasteiger partial charge in [-0.2, -0.15) is 0 Å². The molecule has 3 aliphatic heterocycles. The molecule has 1 aromatic rings. The summed E-state index contributed by atoms with van der Waals surface area (Å²) in [7, 11) is 1.89. The number of carbonyl (C=O) groups is 3. The molecule has 2 fully saturated rings. The number of aliphatic carboxylic acids is 1. The van der Waals surface area contributed by atoms with Gasteiger partial charge < -0.3 is 26.2 Å². The lowest BCUT2D eigenvalue weighted by Crippen LogP contribution is -2.63. The van der Waals surface area contributed by atoms with Crippen molar-refractivity contribution in [1.29, 1.82) is 0 Å². The molecule has 0 unspecified atom stereocenters. The largest absolute Gasteiger partial charge is 0.477 e. The van der Waals surface area contributed by atoms with Gasteiger partial charge in [0.2, 0.25) is 18.1 Å². The molecule has 2 saturated heterocycles. The molecule has 180 valence electrons. The summed E-state index contributed by atoms with van der Waals surface area (Å²) in [5.41, 5.74) is 6.26. The number of aryl methyl sites for hydroxylation is 2. The number of imidazole rings is 1. The Hall–Kier alpha value is -2.37. The highest BCUT2D eigenvalue weighted by molar-refractivity contribution is 8.03. The van der Waals surface area contributed by atoms with E-state index in [0.717, 1.165) is 36.5 Å². The molecule has 4 rings (SSSR count). The summed E-state index contributed by atoms with van der Waals surface area (Å²) in [4.78, 5) is 37.8. The number of rotatable bonds is 9. The molecular formula is C22H32N5O5S+. The third-order valence-corrected chi connectivity index (χ3v) is 8.48. The van der Waals surface area contributed by atoms with Crippen molar-refractivity contribution in [3.05, 3.63) is 28.8 Å². The molecule has 0 saturated carbocycles. The lowest BCUT2D eigenvalue weighted by molar-refractivity contribution is -0.697. The van der Waals surface area contributed by atoms with E-state index in [1.807, 2.05) is 31.1 Å². The summed E-state index contributed by atoms with van der Waals surface area (Å²) in [6, 6.07) is 0.0181. The van der Waals surface area contributed by atoms with Gasteiger partial charge in [0, 0.05) is 35.1 Å². The number of primary amides is 1. The van der Waals surface area contributed by atoms with Crippen LogP contribution in [0.5, 0.6) is 0 Å². The molecule has 4 heterocycles. The second-order valence-electron chi connectivity index (χ2n) is 9.37. The number of nitrogens with zero attached hydrogens (tertiary/aromatic N) is 3.